The Bertz CT molecular complexity index is 1090. The normalized spacial score (nSPS) is 16.3. The molecule has 1 atom stereocenters. The van der Waals surface area contributed by atoms with Crippen LogP contribution in [-0.4, -0.2) is 48.3 Å². The zero-order chi connectivity index (χ0) is 22.7. The van der Waals surface area contributed by atoms with Gasteiger partial charge in [0.1, 0.15) is 17.3 Å². The number of aromatic nitrogens is 1. The number of nitrogens with one attached hydrogen (secondary N) is 1. The predicted molar refractivity (Wildman–Crippen MR) is 132 cm³/mol. The monoisotopic (exact) mass is 471 g/mol. The van der Waals surface area contributed by atoms with E-state index in [9.17, 15) is 5.11 Å². The number of pyridine rings is 1. The number of methoxy groups -OCH3 is 1. The summed E-state index contributed by atoms with van der Waals surface area (Å²) >= 11 is 13.0. The number of benzene rings is 2. The van der Waals surface area contributed by atoms with Crippen LogP contribution in [0.5, 0.6) is 11.5 Å². The van der Waals surface area contributed by atoms with Crippen molar-refractivity contribution in [2.45, 2.75) is 25.3 Å². The molecule has 3 aromatic rings. The lowest BCUT2D eigenvalue weighted by molar-refractivity contribution is 0.301. The summed E-state index contributed by atoms with van der Waals surface area (Å²) in [4.78, 5) is 7.19. The maximum Gasteiger partial charge on any atom is 0.128 e. The summed E-state index contributed by atoms with van der Waals surface area (Å²) in [6, 6.07) is 15.1. The highest BCUT2D eigenvalue weighted by Gasteiger charge is 2.20. The third kappa shape index (κ3) is 4.96. The van der Waals surface area contributed by atoms with Gasteiger partial charge in [0.05, 0.1) is 12.8 Å². The molecule has 1 saturated heterocycles. The fourth-order valence-corrected chi connectivity index (χ4v) is 4.86. The first-order chi connectivity index (χ1) is 15.5. The molecule has 5 nitrogen and oxygen atoms in total. The van der Waals surface area contributed by atoms with E-state index in [4.69, 9.17) is 32.9 Å². The highest BCUT2D eigenvalue weighted by molar-refractivity contribution is 6.39. The summed E-state index contributed by atoms with van der Waals surface area (Å²) in [5, 5.41) is 15.2. The van der Waals surface area contributed by atoms with Crippen LogP contribution in [0.2, 0.25) is 10.0 Å². The largest absolute Gasteiger partial charge is 0.507 e. The van der Waals surface area contributed by atoms with Gasteiger partial charge in [-0.2, -0.15) is 0 Å². The van der Waals surface area contributed by atoms with Crippen molar-refractivity contribution in [3.63, 3.8) is 0 Å². The fraction of sp³-hybridized carbons (Fsp3) is 0.320. The molecule has 32 heavy (non-hydrogen) atoms. The smallest absolute Gasteiger partial charge is 0.128 e. The molecule has 1 aliphatic rings. The van der Waals surface area contributed by atoms with Gasteiger partial charge in [-0.1, -0.05) is 29.3 Å². The van der Waals surface area contributed by atoms with Gasteiger partial charge >= 0.3 is 0 Å². The van der Waals surface area contributed by atoms with Crippen molar-refractivity contribution >= 4 is 29.0 Å². The quantitative estimate of drug-likeness (QED) is 0.421. The summed E-state index contributed by atoms with van der Waals surface area (Å²) in [7, 11) is 3.75. The second-order valence-corrected chi connectivity index (χ2v) is 8.91. The van der Waals surface area contributed by atoms with Crippen molar-refractivity contribution < 1.29 is 9.84 Å². The molecule has 2 aromatic carbocycles. The van der Waals surface area contributed by atoms with Gasteiger partial charge in [-0.25, -0.2) is 4.98 Å². The summed E-state index contributed by atoms with van der Waals surface area (Å²) in [6.45, 7) is 1.96. The first-order valence-corrected chi connectivity index (χ1v) is 11.5. The van der Waals surface area contributed by atoms with E-state index in [-0.39, 0.29) is 5.75 Å². The van der Waals surface area contributed by atoms with Gasteiger partial charge in [-0.15, -0.1) is 0 Å². The number of anilines is 1. The van der Waals surface area contributed by atoms with Crippen molar-refractivity contribution in [2.24, 2.45) is 0 Å². The number of hydrogen-bond donors (Lipinski definition) is 2. The molecule has 1 aliphatic heterocycles. The van der Waals surface area contributed by atoms with E-state index >= 15 is 0 Å². The molecule has 0 bridgehead atoms. The van der Waals surface area contributed by atoms with Gasteiger partial charge < -0.3 is 20.1 Å². The number of likely N-dealkylation sites (tertiary alicyclic amines) is 1. The maximum atomic E-state index is 10.6. The topological polar surface area (TPSA) is 57.6 Å². The molecule has 1 fully saturated rings. The Morgan fingerprint density at radius 3 is 2.59 bits per heavy atom. The lowest BCUT2D eigenvalue weighted by Crippen LogP contribution is -2.27. The third-order valence-electron chi connectivity index (χ3n) is 6.01. The van der Waals surface area contributed by atoms with Crippen LogP contribution in [-0.2, 0) is 0 Å². The number of rotatable bonds is 7. The van der Waals surface area contributed by atoms with E-state index in [2.05, 4.69) is 17.3 Å². The van der Waals surface area contributed by atoms with Crippen LogP contribution >= 0.6 is 23.2 Å². The minimum atomic E-state index is 0.0952. The van der Waals surface area contributed by atoms with Crippen LogP contribution in [0.3, 0.4) is 0 Å². The standard InChI is InChI=1S/C25H27Cl2N3O2/c1-30-12-4-5-17(30)10-11-28-24-14-16(25-20(26)6-3-7-21(25)27)13-22(29-24)19-9-8-18(32-2)15-23(19)31/h3,6-9,13-15,17,31H,4-5,10-12H2,1-2H3,(H,28,29). The maximum absolute atomic E-state index is 10.6. The molecule has 1 aromatic heterocycles. The van der Waals surface area contributed by atoms with E-state index in [0.29, 0.717) is 38.9 Å². The molecule has 2 heterocycles. The number of phenols is 1. The lowest BCUT2D eigenvalue weighted by atomic mass is 10.0. The fourth-order valence-electron chi connectivity index (χ4n) is 4.24. The van der Waals surface area contributed by atoms with Crippen LogP contribution < -0.4 is 10.1 Å². The van der Waals surface area contributed by atoms with Crippen LogP contribution in [0.4, 0.5) is 5.82 Å². The summed E-state index contributed by atoms with van der Waals surface area (Å²) in [5.41, 5.74) is 2.81. The second kappa shape index (κ2) is 9.99. The van der Waals surface area contributed by atoms with Crippen molar-refractivity contribution in [2.75, 3.05) is 32.6 Å². The Balaban J connectivity index is 1.70. The van der Waals surface area contributed by atoms with Crippen molar-refractivity contribution in [3.8, 4) is 33.9 Å². The van der Waals surface area contributed by atoms with E-state index < -0.39 is 0 Å². The van der Waals surface area contributed by atoms with Crippen molar-refractivity contribution in [1.82, 2.24) is 9.88 Å². The summed E-state index contributed by atoms with van der Waals surface area (Å²) in [5.74, 6) is 1.39. The first kappa shape index (κ1) is 22.7. The molecule has 0 spiro atoms. The zero-order valence-electron chi connectivity index (χ0n) is 18.2. The average molecular weight is 472 g/mol. The number of halogens is 2. The van der Waals surface area contributed by atoms with Gasteiger partial charge in [-0.3, -0.25) is 0 Å². The molecule has 7 heteroatoms. The predicted octanol–water partition coefficient (Wildman–Crippen LogP) is 6.33. The highest BCUT2D eigenvalue weighted by atomic mass is 35.5. The van der Waals surface area contributed by atoms with Gasteiger partial charge in [-0.05, 0) is 74.8 Å². The lowest BCUT2D eigenvalue weighted by Gasteiger charge is -2.20. The molecule has 1 unspecified atom stereocenters. The number of nitrogens with zero attached hydrogens (tertiary/aromatic N) is 2. The summed E-state index contributed by atoms with van der Waals surface area (Å²) in [6.07, 6.45) is 3.52. The Kier molecular flexibility index (Phi) is 7.09. The van der Waals surface area contributed by atoms with Crippen molar-refractivity contribution in [1.29, 1.82) is 0 Å². The minimum Gasteiger partial charge on any atom is -0.507 e. The highest BCUT2D eigenvalue weighted by Crippen LogP contribution is 2.39. The Hall–Kier alpha value is -2.47. The molecule has 0 saturated carbocycles. The molecule has 0 aliphatic carbocycles. The van der Waals surface area contributed by atoms with Gasteiger partial charge in [0.2, 0.25) is 0 Å². The molecule has 2 N–H and O–H groups in total. The Morgan fingerprint density at radius 1 is 1.16 bits per heavy atom. The van der Waals surface area contributed by atoms with Crippen LogP contribution in [0.15, 0.2) is 48.5 Å². The van der Waals surface area contributed by atoms with Crippen LogP contribution in [0.1, 0.15) is 19.3 Å². The third-order valence-corrected chi connectivity index (χ3v) is 6.64. The summed E-state index contributed by atoms with van der Waals surface area (Å²) < 4.78 is 5.21. The minimum absolute atomic E-state index is 0.0952. The molecule has 4 rings (SSSR count). The number of hydrogen-bond acceptors (Lipinski definition) is 5. The molecular formula is C25H27Cl2N3O2. The van der Waals surface area contributed by atoms with E-state index in [1.54, 1.807) is 25.3 Å². The van der Waals surface area contributed by atoms with E-state index in [1.807, 2.05) is 30.3 Å². The number of aromatic hydroxyl groups is 1. The van der Waals surface area contributed by atoms with Gasteiger partial charge in [0.15, 0.2) is 0 Å². The molecule has 0 amide bonds. The average Bonchev–Trinajstić information content (AvgIpc) is 3.18. The first-order valence-electron chi connectivity index (χ1n) is 10.7. The SMILES string of the molecule is COc1ccc(-c2cc(-c3c(Cl)cccc3Cl)cc(NCCC3CCCN3C)n2)c(O)c1. The van der Waals surface area contributed by atoms with Crippen LogP contribution in [0.25, 0.3) is 22.4 Å². The van der Waals surface area contributed by atoms with Crippen molar-refractivity contribution in [3.05, 3.63) is 58.6 Å². The van der Waals surface area contributed by atoms with E-state index in [0.717, 1.165) is 30.6 Å². The second-order valence-electron chi connectivity index (χ2n) is 8.10. The number of ether oxygens (including phenoxy) is 1. The van der Waals surface area contributed by atoms with E-state index in [1.165, 1.54) is 12.8 Å². The molecule has 0 radical (unpaired) electrons. The molecular weight excluding hydrogens is 445 g/mol. The van der Waals surface area contributed by atoms with Crippen LogP contribution in [0, 0.1) is 0 Å². The zero-order valence-corrected chi connectivity index (χ0v) is 19.7. The Morgan fingerprint density at radius 2 is 1.94 bits per heavy atom. The number of phenolic OH excluding ortho intramolecular Hbond substituents is 1. The van der Waals surface area contributed by atoms with Gasteiger partial charge in [0, 0.05) is 39.8 Å². The Labute approximate surface area is 199 Å². The molecule has 168 valence electrons. The van der Waals surface area contributed by atoms with Gasteiger partial charge in [0.25, 0.3) is 0 Å².